The number of halogens is 1. The molecule has 1 amide bonds. The van der Waals surface area contributed by atoms with Gasteiger partial charge in [0.05, 0.1) is 5.56 Å². The van der Waals surface area contributed by atoms with Crippen molar-refractivity contribution in [1.82, 2.24) is 0 Å². The second kappa shape index (κ2) is 7.24. The van der Waals surface area contributed by atoms with Crippen molar-refractivity contribution < 1.29 is 4.79 Å². The van der Waals surface area contributed by atoms with E-state index in [2.05, 4.69) is 60.4 Å². The maximum Gasteiger partial charge on any atom is 0.256 e. The molecule has 2 aromatic rings. The SMILES string of the molecule is CCc1cc(Br)ccc1NC(=O)c1csc2c1CC[C@H](C(C)(C)C)C2. The number of hydrogen-bond acceptors (Lipinski definition) is 2. The summed E-state index contributed by atoms with van der Waals surface area (Å²) in [6.07, 6.45) is 4.19. The molecule has 0 fully saturated rings. The van der Waals surface area contributed by atoms with Gasteiger partial charge in [-0.25, -0.2) is 0 Å². The monoisotopic (exact) mass is 419 g/mol. The number of nitrogens with one attached hydrogen (secondary N) is 1. The van der Waals surface area contributed by atoms with Crippen LogP contribution in [-0.2, 0) is 19.3 Å². The van der Waals surface area contributed by atoms with Crippen LogP contribution in [0.2, 0.25) is 0 Å². The van der Waals surface area contributed by atoms with Gasteiger partial charge < -0.3 is 5.32 Å². The predicted octanol–water partition coefficient (Wildman–Crippen LogP) is 6.48. The van der Waals surface area contributed by atoms with Gasteiger partial charge in [0.1, 0.15) is 0 Å². The van der Waals surface area contributed by atoms with Gasteiger partial charge >= 0.3 is 0 Å². The molecule has 4 heteroatoms. The van der Waals surface area contributed by atoms with Crippen molar-refractivity contribution in [2.75, 3.05) is 5.32 Å². The summed E-state index contributed by atoms with van der Waals surface area (Å²) >= 11 is 5.26. The molecule has 1 N–H and O–H groups in total. The molecular weight excluding hydrogens is 394 g/mol. The summed E-state index contributed by atoms with van der Waals surface area (Å²) < 4.78 is 1.04. The van der Waals surface area contributed by atoms with Crippen molar-refractivity contribution in [1.29, 1.82) is 0 Å². The summed E-state index contributed by atoms with van der Waals surface area (Å²) in [6, 6.07) is 6.04. The zero-order chi connectivity index (χ0) is 18.2. The van der Waals surface area contributed by atoms with Gasteiger partial charge in [-0.3, -0.25) is 4.79 Å². The van der Waals surface area contributed by atoms with Gasteiger partial charge in [0.25, 0.3) is 5.91 Å². The van der Waals surface area contributed by atoms with Gasteiger partial charge in [-0.2, -0.15) is 0 Å². The van der Waals surface area contributed by atoms with E-state index in [4.69, 9.17) is 0 Å². The van der Waals surface area contributed by atoms with E-state index in [1.54, 1.807) is 11.3 Å². The number of fused-ring (bicyclic) bond motifs is 1. The minimum atomic E-state index is 0.0312. The van der Waals surface area contributed by atoms with Crippen molar-refractivity contribution in [3.8, 4) is 0 Å². The molecule has 25 heavy (non-hydrogen) atoms. The number of amides is 1. The van der Waals surface area contributed by atoms with E-state index in [0.29, 0.717) is 11.3 Å². The van der Waals surface area contributed by atoms with Gasteiger partial charge in [-0.15, -0.1) is 11.3 Å². The maximum absolute atomic E-state index is 12.9. The highest BCUT2D eigenvalue weighted by molar-refractivity contribution is 9.10. The van der Waals surface area contributed by atoms with Crippen LogP contribution in [-0.4, -0.2) is 5.91 Å². The van der Waals surface area contributed by atoms with Crippen LogP contribution in [0.1, 0.15) is 60.5 Å². The molecule has 1 aliphatic rings. The molecule has 0 unspecified atom stereocenters. The second-order valence-corrected chi connectivity index (χ2v) is 9.85. The second-order valence-electron chi connectivity index (χ2n) is 7.97. The quantitative estimate of drug-likeness (QED) is 0.605. The Morgan fingerprint density at radius 3 is 2.80 bits per heavy atom. The first kappa shape index (κ1) is 18.7. The summed E-state index contributed by atoms with van der Waals surface area (Å²) in [5, 5.41) is 5.18. The van der Waals surface area contributed by atoms with E-state index < -0.39 is 0 Å². The standard InChI is InChI=1S/C21H26BrNOS/c1-5-13-10-15(22)7-9-18(13)23-20(24)17-12-25-19-11-14(21(2,3)4)6-8-16(17)19/h7,9-10,12,14H,5-6,8,11H2,1-4H3,(H,23,24)/t14-/m0/s1. The van der Waals surface area contributed by atoms with Crippen LogP contribution in [0, 0.1) is 11.3 Å². The van der Waals surface area contributed by atoms with Crippen LogP contribution in [0.15, 0.2) is 28.1 Å². The molecule has 0 bridgehead atoms. The smallest absolute Gasteiger partial charge is 0.256 e. The van der Waals surface area contributed by atoms with E-state index in [9.17, 15) is 4.79 Å². The van der Waals surface area contributed by atoms with Crippen LogP contribution < -0.4 is 5.32 Å². The highest BCUT2D eigenvalue weighted by atomic mass is 79.9. The summed E-state index contributed by atoms with van der Waals surface area (Å²) in [5.41, 5.74) is 4.55. The normalized spacial score (nSPS) is 17.2. The number of benzene rings is 1. The average molecular weight is 420 g/mol. The minimum Gasteiger partial charge on any atom is -0.322 e. The predicted molar refractivity (Wildman–Crippen MR) is 111 cm³/mol. The molecule has 0 aliphatic heterocycles. The third-order valence-electron chi connectivity index (χ3n) is 5.32. The summed E-state index contributed by atoms with van der Waals surface area (Å²) in [7, 11) is 0. The Morgan fingerprint density at radius 2 is 2.12 bits per heavy atom. The van der Waals surface area contributed by atoms with E-state index >= 15 is 0 Å². The third-order valence-corrected chi connectivity index (χ3v) is 6.87. The number of rotatable bonds is 3. The lowest BCUT2D eigenvalue weighted by Gasteiger charge is -2.34. The fourth-order valence-electron chi connectivity index (χ4n) is 3.61. The Morgan fingerprint density at radius 1 is 1.36 bits per heavy atom. The number of hydrogen-bond donors (Lipinski definition) is 1. The Hall–Kier alpha value is -1.13. The summed E-state index contributed by atoms with van der Waals surface area (Å²) in [4.78, 5) is 14.3. The van der Waals surface area contributed by atoms with E-state index in [1.165, 1.54) is 16.9 Å². The first-order valence-electron chi connectivity index (χ1n) is 8.98. The number of anilines is 1. The Labute approximate surface area is 163 Å². The van der Waals surface area contributed by atoms with Crippen LogP contribution in [0.3, 0.4) is 0 Å². The van der Waals surface area contributed by atoms with Crippen LogP contribution in [0.25, 0.3) is 0 Å². The summed E-state index contributed by atoms with van der Waals surface area (Å²) in [5.74, 6) is 0.733. The van der Waals surface area contributed by atoms with E-state index in [0.717, 1.165) is 40.5 Å². The lowest BCUT2D eigenvalue weighted by atomic mass is 9.72. The fraction of sp³-hybridized carbons (Fsp3) is 0.476. The highest BCUT2D eigenvalue weighted by Gasteiger charge is 2.31. The molecule has 0 saturated carbocycles. The zero-order valence-corrected chi connectivity index (χ0v) is 17.8. The number of carbonyl (C=O) groups excluding carboxylic acids is 1. The van der Waals surface area contributed by atoms with E-state index in [1.807, 2.05) is 12.1 Å². The molecule has 0 saturated heterocycles. The highest BCUT2D eigenvalue weighted by Crippen LogP contribution is 2.40. The van der Waals surface area contributed by atoms with Crippen molar-refractivity contribution in [3.63, 3.8) is 0 Å². The molecule has 1 aromatic carbocycles. The topological polar surface area (TPSA) is 29.1 Å². The third kappa shape index (κ3) is 4.01. The van der Waals surface area contributed by atoms with Gasteiger partial charge in [-0.1, -0.05) is 43.6 Å². The van der Waals surface area contributed by atoms with Gasteiger partial charge in [0.2, 0.25) is 0 Å². The van der Waals surface area contributed by atoms with Crippen LogP contribution in [0.4, 0.5) is 5.69 Å². The van der Waals surface area contributed by atoms with Gasteiger partial charge in [0, 0.05) is 20.4 Å². The maximum atomic E-state index is 12.9. The first-order valence-corrected chi connectivity index (χ1v) is 10.7. The Balaban J connectivity index is 1.80. The Kier molecular flexibility index (Phi) is 5.40. The Bertz CT molecular complexity index is 788. The van der Waals surface area contributed by atoms with E-state index in [-0.39, 0.29) is 5.91 Å². The molecule has 0 radical (unpaired) electrons. The number of carbonyl (C=O) groups is 1. The number of thiophene rings is 1. The lowest BCUT2D eigenvalue weighted by Crippen LogP contribution is -2.27. The first-order chi connectivity index (χ1) is 11.8. The molecule has 1 atom stereocenters. The zero-order valence-electron chi connectivity index (χ0n) is 15.4. The lowest BCUT2D eigenvalue weighted by molar-refractivity contribution is 0.102. The van der Waals surface area contributed by atoms with Crippen LogP contribution >= 0.6 is 27.3 Å². The fourth-order valence-corrected chi connectivity index (χ4v) is 5.18. The number of aryl methyl sites for hydroxylation is 1. The molecule has 1 heterocycles. The van der Waals surface area contributed by atoms with Gasteiger partial charge in [0.15, 0.2) is 0 Å². The van der Waals surface area contributed by atoms with Crippen molar-refractivity contribution in [2.45, 2.75) is 53.4 Å². The minimum absolute atomic E-state index is 0.0312. The largest absolute Gasteiger partial charge is 0.322 e. The van der Waals surface area contributed by atoms with Gasteiger partial charge in [-0.05, 0) is 66.3 Å². The van der Waals surface area contributed by atoms with Crippen molar-refractivity contribution in [2.24, 2.45) is 11.3 Å². The molecule has 1 aliphatic carbocycles. The molecule has 3 rings (SSSR count). The molecule has 2 nitrogen and oxygen atoms in total. The average Bonchev–Trinajstić information content (AvgIpc) is 2.98. The molecule has 0 spiro atoms. The van der Waals surface area contributed by atoms with Crippen LogP contribution in [0.5, 0.6) is 0 Å². The molecule has 134 valence electrons. The molecule has 1 aromatic heterocycles. The summed E-state index contributed by atoms with van der Waals surface area (Å²) in [6.45, 7) is 9.08. The van der Waals surface area contributed by atoms with Crippen molar-refractivity contribution in [3.05, 3.63) is 49.6 Å². The van der Waals surface area contributed by atoms with Crippen molar-refractivity contribution >= 4 is 38.9 Å². The molecular formula is C21H26BrNOS.